The Labute approximate surface area is 145 Å². The summed E-state index contributed by atoms with van der Waals surface area (Å²) in [6.07, 6.45) is 0. The van der Waals surface area contributed by atoms with E-state index in [4.69, 9.17) is 9.31 Å². The van der Waals surface area contributed by atoms with Gasteiger partial charge in [0.15, 0.2) is 0 Å². The lowest BCUT2D eigenvalue weighted by Gasteiger charge is -2.32. The van der Waals surface area contributed by atoms with Crippen LogP contribution in [0, 0.1) is 0 Å². The number of hydrogen-bond acceptors (Lipinski definition) is 4. The largest absolute Gasteiger partial charge is 0.494 e. The van der Waals surface area contributed by atoms with Gasteiger partial charge in [0.1, 0.15) is 0 Å². The van der Waals surface area contributed by atoms with Gasteiger partial charge >= 0.3 is 7.12 Å². The first kappa shape index (κ1) is 19.0. The van der Waals surface area contributed by atoms with Crippen LogP contribution in [0.3, 0.4) is 0 Å². The molecule has 1 fully saturated rings. The summed E-state index contributed by atoms with van der Waals surface area (Å²) in [6, 6.07) is 7.66. The molecule has 132 valence electrons. The number of hydrogen-bond donors (Lipinski definition) is 1. The second kappa shape index (κ2) is 7.25. The van der Waals surface area contributed by atoms with Crippen molar-refractivity contribution in [3.05, 3.63) is 24.3 Å². The van der Waals surface area contributed by atoms with Crippen molar-refractivity contribution < 1.29 is 14.1 Å². The zero-order chi connectivity index (χ0) is 18.0. The lowest BCUT2D eigenvalue weighted by Crippen LogP contribution is -2.41. The molecule has 2 rings (SSSR count). The highest BCUT2D eigenvalue weighted by Gasteiger charge is 2.51. The highest BCUT2D eigenvalue weighted by molar-refractivity contribution is 6.62. The molecule has 0 unspecified atom stereocenters. The molecule has 1 heterocycles. The van der Waals surface area contributed by atoms with Crippen molar-refractivity contribution in [2.24, 2.45) is 0 Å². The molecule has 1 aliphatic heterocycles. The van der Waals surface area contributed by atoms with Gasteiger partial charge in [-0.1, -0.05) is 26.0 Å². The van der Waals surface area contributed by atoms with E-state index < -0.39 is 0 Å². The van der Waals surface area contributed by atoms with Crippen LogP contribution in [0.4, 0.5) is 5.69 Å². The molecule has 1 N–H and O–H groups in total. The monoisotopic (exact) mass is 332 g/mol. The molecule has 1 saturated heterocycles. The lowest BCUT2D eigenvalue weighted by molar-refractivity contribution is -0.117. The highest BCUT2D eigenvalue weighted by atomic mass is 16.7. The molecule has 24 heavy (non-hydrogen) atoms. The molecule has 6 heteroatoms. The van der Waals surface area contributed by atoms with Crippen LogP contribution in [0.2, 0.25) is 0 Å². The molecule has 1 aromatic carbocycles. The number of amides is 1. The Morgan fingerprint density at radius 2 is 1.54 bits per heavy atom. The number of carbonyl (C=O) groups is 1. The molecule has 0 bridgehead atoms. The maximum Gasteiger partial charge on any atom is 0.494 e. The maximum atomic E-state index is 12.0. The summed E-state index contributed by atoms with van der Waals surface area (Å²) < 4.78 is 12.1. The number of likely N-dealkylation sites (N-methyl/N-ethyl adjacent to an activating group) is 1. The predicted molar refractivity (Wildman–Crippen MR) is 98.6 cm³/mol. The van der Waals surface area contributed by atoms with E-state index in [-0.39, 0.29) is 24.2 Å². The van der Waals surface area contributed by atoms with Crippen LogP contribution in [0.25, 0.3) is 0 Å². The summed E-state index contributed by atoms with van der Waals surface area (Å²) in [7, 11) is -0.379. The standard InChI is InChI=1S/C18H29BN2O3/c1-7-21(8-2)13-16(22)20-15-11-9-14(10-12-15)19-23-17(3,4)18(5,6)24-19/h9-12H,7-8,13H2,1-6H3,(H,20,22). The fourth-order valence-electron chi connectivity index (χ4n) is 2.55. The third-order valence-corrected chi connectivity index (χ3v) is 4.98. The maximum absolute atomic E-state index is 12.0. The van der Waals surface area contributed by atoms with Crippen LogP contribution in [0.1, 0.15) is 41.5 Å². The van der Waals surface area contributed by atoms with Crippen LogP contribution >= 0.6 is 0 Å². The molecule has 0 radical (unpaired) electrons. The molecule has 0 spiro atoms. The SMILES string of the molecule is CCN(CC)CC(=O)Nc1ccc(B2OC(C)(C)C(C)(C)O2)cc1. The van der Waals surface area contributed by atoms with Crippen LogP contribution in [-0.2, 0) is 14.1 Å². The third kappa shape index (κ3) is 4.18. The van der Waals surface area contributed by atoms with Gasteiger partial charge in [-0.05, 0) is 58.4 Å². The Morgan fingerprint density at radius 3 is 2.00 bits per heavy atom. The van der Waals surface area contributed by atoms with Gasteiger partial charge in [0.2, 0.25) is 5.91 Å². The Kier molecular flexibility index (Phi) is 5.73. The third-order valence-electron chi connectivity index (χ3n) is 4.98. The molecule has 1 aliphatic rings. The Morgan fingerprint density at radius 1 is 1.04 bits per heavy atom. The Balaban J connectivity index is 1.98. The number of benzene rings is 1. The van der Waals surface area contributed by atoms with Crippen molar-refractivity contribution in [2.75, 3.05) is 25.0 Å². The quantitative estimate of drug-likeness (QED) is 0.812. The van der Waals surface area contributed by atoms with Crippen LogP contribution in [0.15, 0.2) is 24.3 Å². The molecule has 0 aromatic heterocycles. The van der Waals surface area contributed by atoms with Crippen LogP contribution < -0.4 is 10.8 Å². The van der Waals surface area contributed by atoms with E-state index in [9.17, 15) is 4.79 Å². The molecule has 0 atom stereocenters. The van der Waals surface area contributed by atoms with Crippen LogP contribution in [-0.4, -0.2) is 48.8 Å². The highest BCUT2D eigenvalue weighted by Crippen LogP contribution is 2.36. The normalized spacial score (nSPS) is 18.9. The minimum absolute atomic E-state index is 0.00193. The number of carbonyl (C=O) groups excluding carboxylic acids is 1. The number of anilines is 1. The molecule has 1 amide bonds. The van der Waals surface area contributed by atoms with Gasteiger partial charge in [-0.2, -0.15) is 0 Å². The predicted octanol–water partition coefficient (Wildman–Crippen LogP) is 2.27. The summed E-state index contributed by atoms with van der Waals surface area (Å²) in [6.45, 7) is 14.4. The topological polar surface area (TPSA) is 50.8 Å². The lowest BCUT2D eigenvalue weighted by atomic mass is 9.79. The fraction of sp³-hybridized carbons (Fsp3) is 0.611. The van der Waals surface area contributed by atoms with E-state index in [1.165, 1.54) is 0 Å². The summed E-state index contributed by atoms with van der Waals surface area (Å²) in [4.78, 5) is 14.1. The van der Waals surface area contributed by atoms with E-state index in [1.54, 1.807) is 0 Å². The second-order valence-corrected chi connectivity index (χ2v) is 7.22. The van der Waals surface area contributed by atoms with Gasteiger partial charge in [0, 0.05) is 5.69 Å². The summed E-state index contributed by atoms with van der Waals surface area (Å²) in [5, 5.41) is 2.93. The fourth-order valence-corrected chi connectivity index (χ4v) is 2.55. The molecule has 5 nitrogen and oxygen atoms in total. The number of nitrogens with one attached hydrogen (secondary N) is 1. The first-order valence-electron chi connectivity index (χ1n) is 8.66. The van der Waals surface area contributed by atoms with E-state index in [1.807, 2.05) is 52.0 Å². The summed E-state index contributed by atoms with van der Waals surface area (Å²) in [5.41, 5.74) is 1.03. The van der Waals surface area contributed by atoms with Gasteiger partial charge in [-0.3, -0.25) is 9.69 Å². The van der Waals surface area contributed by atoms with Crippen molar-refractivity contribution >= 4 is 24.2 Å². The molecule has 0 aliphatic carbocycles. The average molecular weight is 332 g/mol. The van der Waals surface area contributed by atoms with Crippen molar-refractivity contribution in [1.29, 1.82) is 0 Å². The summed E-state index contributed by atoms with van der Waals surface area (Å²) >= 11 is 0. The van der Waals surface area contributed by atoms with E-state index >= 15 is 0 Å². The van der Waals surface area contributed by atoms with Crippen molar-refractivity contribution in [2.45, 2.75) is 52.7 Å². The first-order valence-corrected chi connectivity index (χ1v) is 8.66. The first-order chi connectivity index (χ1) is 11.2. The van der Waals surface area contributed by atoms with E-state index in [0.717, 1.165) is 24.2 Å². The van der Waals surface area contributed by atoms with E-state index in [0.29, 0.717) is 6.54 Å². The Bertz CT molecular complexity index is 552. The van der Waals surface area contributed by atoms with Crippen molar-refractivity contribution in [1.82, 2.24) is 4.90 Å². The van der Waals surface area contributed by atoms with E-state index in [2.05, 4.69) is 24.1 Å². The molecule has 0 saturated carbocycles. The molecular formula is C18H29BN2O3. The van der Waals surface area contributed by atoms with Crippen molar-refractivity contribution in [3.8, 4) is 0 Å². The van der Waals surface area contributed by atoms with Gasteiger partial charge in [-0.15, -0.1) is 0 Å². The smallest absolute Gasteiger partial charge is 0.399 e. The molecular weight excluding hydrogens is 303 g/mol. The van der Waals surface area contributed by atoms with Gasteiger partial charge in [0.05, 0.1) is 17.7 Å². The van der Waals surface area contributed by atoms with Gasteiger partial charge in [-0.25, -0.2) is 0 Å². The Hall–Kier alpha value is -1.37. The van der Waals surface area contributed by atoms with Gasteiger partial charge < -0.3 is 14.6 Å². The summed E-state index contributed by atoms with van der Waals surface area (Å²) in [5.74, 6) is 0.00193. The van der Waals surface area contributed by atoms with Crippen LogP contribution in [0.5, 0.6) is 0 Å². The average Bonchev–Trinajstić information content (AvgIpc) is 2.73. The molecule has 1 aromatic rings. The number of nitrogens with zero attached hydrogens (tertiary/aromatic N) is 1. The second-order valence-electron chi connectivity index (χ2n) is 7.22. The van der Waals surface area contributed by atoms with Crippen molar-refractivity contribution in [3.63, 3.8) is 0 Å². The van der Waals surface area contributed by atoms with Gasteiger partial charge in [0.25, 0.3) is 0 Å². The minimum Gasteiger partial charge on any atom is -0.399 e. The zero-order valence-electron chi connectivity index (χ0n) is 15.7. The number of rotatable bonds is 6. The minimum atomic E-state index is -0.379. The zero-order valence-corrected chi connectivity index (χ0v) is 15.7.